The van der Waals surface area contributed by atoms with E-state index in [0.29, 0.717) is 19.8 Å². The van der Waals surface area contributed by atoms with E-state index in [2.05, 4.69) is 0 Å². The molecule has 1 heterocycles. The van der Waals surface area contributed by atoms with Crippen molar-refractivity contribution in [2.75, 3.05) is 26.3 Å². The van der Waals surface area contributed by atoms with Crippen LogP contribution in [-0.2, 0) is 9.53 Å². The van der Waals surface area contributed by atoms with Gasteiger partial charge in [0, 0.05) is 6.54 Å². The summed E-state index contributed by atoms with van der Waals surface area (Å²) in [4.78, 5) is 12.6. The third-order valence-corrected chi connectivity index (χ3v) is 1.84. The summed E-state index contributed by atoms with van der Waals surface area (Å²) in [6.45, 7) is 1.70. The number of nitriles is 1. The van der Waals surface area contributed by atoms with Crippen molar-refractivity contribution in [2.24, 2.45) is 5.73 Å². The van der Waals surface area contributed by atoms with Crippen LogP contribution in [0.3, 0.4) is 0 Å². The van der Waals surface area contributed by atoms with Gasteiger partial charge >= 0.3 is 0 Å². The molecule has 0 aromatic carbocycles. The minimum Gasteiger partial charge on any atom is -0.378 e. The Hall–Kier alpha value is -1.12. The summed E-state index contributed by atoms with van der Waals surface area (Å²) >= 11 is 0. The van der Waals surface area contributed by atoms with Crippen LogP contribution < -0.4 is 5.73 Å². The summed E-state index contributed by atoms with van der Waals surface area (Å²) in [5.41, 5.74) is 5.12. The Balaban J connectivity index is 2.55. The van der Waals surface area contributed by atoms with E-state index < -0.39 is 11.9 Å². The van der Waals surface area contributed by atoms with Gasteiger partial charge in [-0.1, -0.05) is 0 Å². The summed E-state index contributed by atoms with van der Waals surface area (Å²) < 4.78 is 5.07. The van der Waals surface area contributed by atoms with Gasteiger partial charge in [0.25, 0.3) is 0 Å². The van der Waals surface area contributed by atoms with Crippen LogP contribution in [0.4, 0.5) is 0 Å². The molecule has 1 amide bonds. The number of hydrogen-bond acceptors (Lipinski definition) is 4. The zero-order valence-electron chi connectivity index (χ0n) is 6.69. The number of nitrogens with zero attached hydrogens (tertiary/aromatic N) is 2. The molecule has 2 N–H and O–H groups in total. The SMILES string of the molecule is N#CCN1CCOCC1C(N)=O. The second-order valence-electron chi connectivity index (χ2n) is 2.62. The Morgan fingerprint density at radius 1 is 1.83 bits per heavy atom. The van der Waals surface area contributed by atoms with E-state index in [1.165, 1.54) is 0 Å². The van der Waals surface area contributed by atoms with Gasteiger partial charge in [0.05, 0.1) is 25.8 Å². The second-order valence-corrected chi connectivity index (χ2v) is 2.62. The zero-order chi connectivity index (χ0) is 8.97. The number of carbonyl (C=O) groups is 1. The Morgan fingerprint density at radius 2 is 2.58 bits per heavy atom. The van der Waals surface area contributed by atoms with Gasteiger partial charge in [-0.3, -0.25) is 9.69 Å². The number of nitrogens with two attached hydrogens (primary N) is 1. The molecule has 0 saturated carbocycles. The number of rotatable bonds is 2. The minimum atomic E-state index is -0.432. The van der Waals surface area contributed by atoms with Crippen LogP contribution in [0, 0.1) is 11.3 Å². The number of primary amides is 1. The molecule has 0 aromatic heterocycles. The predicted octanol–water partition coefficient (Wildman–Crippen LogP) is -1.30. The molecule has 0 spiro atoms. The lowest BCUT2D eigenvalue weighted by molar-refractivity contribution is -0.128. The summed E-state index contributed by atoms with van der Waals surface area (Å²) in [7, 11) is 0. The Bertz CT molecular complexity index is 211. The highest BCUT2D eigenvalue weighted by Crippen LogP contribution is 2.04. The lowest BCUT2D eigenvalue weighted by Gasteiger charge is -2.31. The molecule has 12 heavy (non-hydrogen) atoms. The number of carbonyl (C=O) groups excluding carboxylic acids is 1. The van der Waals surface area contributed by atoms with Crippen LogP contribution in [0.15, 0.2) is 0 Å². The molecule has 1 saturated heterocycles. The van der Waals surface area contributed by atoms with E-state index in [1.807, 2.05) is 6.07 Å². The largest absolute Gasteiger partial charge is 0.378 e. The first-order valence-corrected chi connectivity index (χ1v) is 3.73. The predicted molar refractivity (Wildman–Crippen MR) is 41.0 cm³/mol. The van der Waals surface area contributed by atoms with Crippen molar-refractivity contribution in [1.29, 1.82) is 5.26 Å². The molecule has 1 aliphatic heterocycles. The second kappa shape index (κ2) is 4.04. The van der Waals surface area contributed by atoms with Crippen molar-refractivity contribution in [2.45, 2.75) is 6.04 Å². The van der Waals surface area contributed by atoms with Crippen molar-refractivity contribution >= 4 is 5.91 Å². The van der Waals surface area contributed by atoms with Crippen molar-refractivity contribution in [3.8, 4) is 6.07 Å². The van der Waals surface area contributed by atoms with Crippen molar-refractivity contribution in [3.05, 3.63) is 0 Å². The Kier molecular flexibility index (Phi) is 3.02. The molecule has 0 aromatic rings. The van der Waals surface area contributed by atoms with Crippen molar-refractivity contribution < 1.29 is 9.53 Å². The average Bonchev–Trinajstić information content (AvgIpc) is 2.05. The maximum absolute atomic E-state index is 10.8. The maximum atomic E-state index is 10.8. The quantitative estimate of drug-likeness (QED) is 0.521. The van der Waals surface area contributed by atoms with Crippen LogP contribution in [0.1, 0.15) is 0 Å². The van der Waals surface area contributed by atoms with Crippen LogP contribution in [0.5, 0.6) is 0 Å². The molecule has 1 aliphatic rings. The van der Waals surface area contributed by atoms with Gasteiger partial charge in [0.1, 0.15) is 6.04 Å². The van der Waals surface area contributed by atoms with Crippen LogP contribution in [0.2, 0.25) is 0 Å². The molecule has 0 radical (unpaired) electrons. The maximum Gasteiger partial charge on any atom is 0.237 e. The third kappa shape index (κ3) is 1.94. The van der Waals surface area contributed by atoms with Gasteiger partial charge < -0.3 is 10.5 Å². The number of morpholine rings is 1. The highest BCUT2D eigenvalue weighted by molar-refractivity contribution is 5.80. The zero-order valence-corrected chi connectivity index (χ0v) is 6.69. The fourth-order valence-corrected chi connectivity index (χ4v) is 1.18. The molecular weight excluding hydrogens is 158 g/mol. The van der Waals surface area contributed by atoms with E-state index >= 15 is 0 Å². The lowest BCUT2D eigenvalue weighted by Crippen LogP contribution is -2.52. The van der Waals surface area contributed by atoms with Crippen molar-refractivity contribution in [3.63, 3.8) is 0 Å². The van der Waals surface area contributed by atoms with Crippen LogP contribution >= 0.6 is 0 Å². The molecule has 66 valence electrons. The Morgan fingerprint density at radius 3 is 3.17 bits per heavy atom. The molecule has 0 bridgehead atoms. The number of ether oxygens (including phenoxy) is 1. The highest BCUT2D eigenvalue weighted by Gasteiger charge is 2.26. The van der Waals surface area contributed by atoms with E-state index in [4.69, 9.17) is 15.7 Å². The minimum absolute atomic E-state index is 0.233. The first-order chi connectivity index (χ1) is 5.75. The van der Waals surface area contributed by atoms with Gasteiger partial charge in [-0.15, -0.1) is 0 Å². The number of hydrogen-bond donors (Lipinski definition) is 1. The first kappa shape index (κ1) is 8.97. The fraction of sp³-hybridized carbons (Fsp3) is 0.714. The summed E-state index contributed by atoms with van der Waals surface area (Å²) in [5.74, 6) is -0.426. The molecule has 5 nitrogen and oxygen atoms in total. The molecule has 0 aliphatic carbocycles. The average molecular weight is 169 g/mol. The van der Waals surface area contributed by atoms with Gasteiger partial charge in [-0.05, 0) is 0 Å². The van der Waals surface area contributed by atoms with Crippen LogP contribution in [0.25, 0.3) is 0 Å². The van der Waals surface area contributed by atoms with E-state index in [-0.39, 0.29) is 6.54 Å². The monoisotopic (exact) mass is 169 g/mol. The molecule has 1 rings (SSSR count). The van der Waals surface area contributed by atoms with Crippen LogP contribution in [-0.4, -0.2) is 43.2 Å². The third-order valence-electron chi connectivity index (χ3n) is 1.84. The van der Waals surface area contributed by atoms with E-state index in [1.54, 1.807) is 4.90 Å². The highest BCUT2D eigenvalue weighted by atomic mass is 16.5. The molecule has 1 unspecified atom stereocenters. The molecular formula is C7H11N3O2. The molecule has 5 heteroatoms. The summed E-state index contributed by atoms with van der Waals surface area (Å²) in [6, 6.07) is 1.55. The standard InChI is InChI=1S/C7H11N3O2/c8-1-2-10-3-4-12-5-6(10)7(9)11/h6H,2-5H2,(H2,9,11). The fourth-order valence-electron chi connectivity index (χ4n) is 1.18. The molecule has 1 atom stereocenters. The van der Waals surface area contributed by atoms with Gasteiger partial charge in [0.15, 0.2) is 0 Å². The first-order valence-electron chi connectivity index (χ1n) is 3.73. The van der Waals surface area contributed by atoms with Gasteiger partial charge in [0.2, 0.25) is 5.91 Å². The lowest BCUT2D eigenvalue weighted by atomic mass is 10.2. The van der Waals surface area contributed by atoms with Gasteiger partial charge in [-0.2, -0.15) is 5.26 Å². The normalized spacial score (nSPS) is 24.8. The van der Waals surface area contributed by atoms with Gasteiger partial charge in [-0.25, -0.2) is 0 Å². The topological polar surface area (TPSA) is 79.3 Å². The van der Waals surface area contributed by atoms with E-state index in [0.717, 1.165) is 0 Å². The summed E-state index contributed by atoms with van der Waals surface area (Å²) in [5, 5.41) is 8.43. The molecule has 1 fully saturated rings. The summed E-state index contributed by atoms with van der Waals surface area (Å²) in [6.07, 6.45) is 0. The van der Waals surface area contributed by atoms with E-state index in [9.17, 15) is 4.79 Å². The Labute approximate surface area is 70.7 Å². The number of amides is 1. The van der Waals surface area contributed by atoms with Crippen molar-refractivity contribution in [1.82, 2.24) is 4.90 Å². The smallest absolute Gasteiger partial charge is 0.237 e.